The van der Waals surface area contributed by atoms with Crippen LogP contribution in [0.3, 0.4) is 0 Å². The Morgan fingerprint density at radius 1 is 1.35 bits per heavy atom. The topological polar surface area (TPSA) is 55.3 Å². The molecule has 17 heavy (non-hydrogen) atoms. The third-order valence-corrected chi connectivity index (χ3v) is 1.93. The lowest BCUT2D eigenvalue weighted by Crippen LogP contribution is -2.40. The van der Waals surface area contributed by atoms with Crippen LogP contribution in [-0.2, 0) is 4.74 Å². The number of carbonyl (C=O) groups excluding carboxylic acids is 1. The summed E-state index contributed by atoms with van der Waals surface area (Å²) in [4.78, 5) is 11.4. The van der Waals surface area contributed by atoms with Crippen molar-refractivity contribution in [3.8, 4) is 0 Å². The van der Waals surface area contributed by atoms with Gasteiger partial charge in [-0.2, -0.15) is 0 Å². The van der Waals surface area contributed by atoms with Gasteiger partial charge in [-0.25, -0.2) is 4.79 Å². The van der Waals surface area contributed by atoms with E-state index in [4.69, 9.17) is 4.74 Å². The highest BCUT2D eigenvalue weighted by molar-refractivity contribution is 5.67. The van der Waals surface area contributed by atoms with Gasteiger partial charge in [0.25, 0.3) is 0 Å². The minimum atomic E-state index is -0.457. The Hall–Kier alpha value is -1.65. The monoisotopic (exact) mass is 239 g/mol. The van der Waals surface area contributed by atoms with E-state index in [0.29, 0.717) is 6.54 Å². The fourth-order valence-electron chi connectivity index (χ4n) is 1.27. The van der Waals surface area contributed by atoms with Gasteiger partial charge < -0.3 is 15.5 Å². The maximum Gasteiger partial charge on any atom is 0.407 e. The summed E-state index contributed by atoms with van der Waals surface area (Å²) in [7, 11) is 0. The Morgan fingerprint density at radius 3 is 2.47 bits per heavy atom. The molecule has 1 atom stereocenters. The predicted octanol–water partition coefficient (Wildman–Crippen LogP) is 1.94. The molecule has 1 heterocycles. The molecule has 0 aromatic carbocycles. The average molecular weight is 239 g/mol. The minimum absolute atomic E-state index is 0.120. The molecule has 0 fully saturated rings. The Labute approximate surface area is 102 Å². The van der Waals surface area contributed by atoms with Gasteiger partial charge in [-0.05, 0) is 39.8 Å². The van der Waals surface area contributed by atoms with Crippen molar-refractivity contribution in [1.29, 1.82) is 0 Å². The number of rotatable bonds is 4. The third kappa shape index (κ3) is 5.85. The molecular weight excluding hydrogens is 218 g/mol. The minimum Gasteiger partial charge on any atom is -0.444 e. The van der Waals surface area contributed by atoms with Crippen LogP contribution in [-0.4, -0.2) is 29.0 Å². The summed E-state index contributed by atoms with van der Waals surface area (Å²) in [5, 5.41) is 2.71. The normalized spacial score (nSPS) is 12.9. The molecule has 5 nitrogen and oxygen atoms in total. The zero-order valence-electron chi connectivity index (χ0n) is 10.9. The predicted molar refractivity (Wildman–Crippen MR) is 67.5 cm³/mol. The maximum absolute atomic E-state index is 11.4. The van der Waals surface area contributed by atoms with Crippen LogP contribution in [0.25, 0.3) is 0 Å². The van der Waals surface area contributed by atoms with Crippen LogP contribution in [0.4, 0.5) is 4.79 Å². The van der Waals surface area contributed by atoms with E-state index in [1.807, 2.05) is 56.9 Å². The van der Waals surface area contributed by atoms with Gasteiger partial charge in [-0.15, -0.1) is 0 Å². The summed E-state index contributed by atoms with van der Waals surface area (Å²) in [6.07, 6.45) is 3.42. The molecule has 1 aromatic heterocycles. The van der Waals surface area contributed by atoms with Crippen molar-refractivity contribution in [2.24, 2.45) is 0 Å². The molecule has 1 amide bonds. The smallest absolute Gasteiger partial charge is 0.407 e. The van der Waals surface area contributed by atoms with E-state index in [1.165, 1.54) is 0 Å². The maximum atomic E-state index is 11.4. The molecule has 2 N–H and O–H groups in total. The molecule has 0 saturated heterocycles. The zero-order chi connectivity index (χ0) is 12.9. The zero-order valence-corrected chi connectivity index (χ0v) is 10.9. The number of nitrogens with zero attached hydrogens (tertiary/aromatic N) is 1. The SMILES string of the molecule is CC(CNC(=O)OC(C)(C)C)Nn1cccc1. The van der Waals surface area contributed by atoms with Gasteiger partial charge in [0.05, 0.1) is 6.04 Å². The first-order valence-corrected chi connectivity index (χ1v) is 5.73. The van der Waals surface area contributed by atoms with Gasteiger partial charge in [0, 0.05) is 18.9 Å². The highest BCUT2D eigenvalue weighted by Crippen LogP contribution is 2.06. The number of nitrogens with one attached hydrogen (secondary N) is 2. The highest BCUT2D eigenvalue weighted by Gasteiger charge is 2.16. The van der Waals surface area contributed by atoms with Gasteiger partial charge in [-0.3, -0.25) is 4.68 Å². The number of alkyl carbamates (subject to hydrolysis) is 1. The van der Waals surface area contributed by atoms with Gasteiger partial charge >= 0.3 is 6.09 Å². The van der Waals surface area contributed by atoms with Crippen LogP contribution >= 0.6 is 0 Å². The molecule has 0 aliphatic heterocycles. The average Bonchev–Trinajstić information content (AvgIpc) is 2.64. The lowest BCUT2D eigenvalue weighted by atomic mass is 10.2. The van der Waals surface area contributed by atoms with Crippen molar-refractivity contribution in [2.45, 2.75) is 39.3 Å². The van der Waals surface area contributed by atoms with Crippen molar-refractivity contribution in [3.63, 3.8) is 0 Å². The summed E-state index contributed by atoms with van der Waals surface area (Å²) in [5.74, 6) is 0. The van der Waals surface area contributed by atoms with Crippen LogP contribution in [0.2, 0.25) is 0 Å². The summed E-state index contributed by atoms with van der Waals surface area (Å²) in [5.41, 5.74) is 2.73. The molecule has 0 bridgehead atoms. The molecule has 0 spiro atoms. The molecule has 0 saturated carbocycles. The third-order valence-electron chi connectivity index (χ3n) is 1.93. The fourth-order valence-corrected chi connectivity index (χ4v) is 1.27. The van der Waals surface area contributed by atoms with Crippen molar-refractivity contribution >= 4 is 6.09 Å². The molecular formula is C12H21N3O2. The molecule has 1 unspecified atom stereocenters. The summed E-state index contributed by atoms with van der Waals surface area (Å²) >= 11 is 0. The molecule has 1 aromatic rings. The van der Waals surface area contributed by atoms with Crippen molar-refractivity contribution in [2.75, 3.05) is 12.0 Å². The van der Waals surface area contributed by atoms with Crippen LogP contribution in [0, 0.1) is 0 Å². The second-order valence-corrected chi connectivity index (χ2v) is 5.00. The molecule has 96 valence electrons. The van der Waals surface area contributed by atoms with E-state index < -0.39 is 11.7 Å². The largest absolute Gasteiger partial charge is 0.444 e. The Kier molecular flexibility index (Phi) is 4.43. The molecule has 5 heteroatoms. The van der Waals surface area contributed by atoms with Crippen molar-refractivity contribution in [1.82, 2.24) is 9.99 Å². The van der Waals surface area contributed by atoms with Crippen molar-refractivity contribution < 1.29 is 9.53 Å². The van der Waals surface area contributed by atoms with Crippen LogP contribution < -0.4 is 10.7 Å². The van der Waals surface area contributed by atoms with E-state index in [2.05, 4.69) is 10.7 Å². The number of hydrogen-bond acceptors (Lipinski definition) is 3. The quantitative estimate of drug-likeness (QED) is 0.844. The summed E-state index contributed by atoms with van der Waals surface area (Å²) in [6, 6.07) is 3.98. The van der Waals surface area contributed by atoms with Crippen LogP contribution in [0.15, 0.2) is 24.5 Å². The highest BCUT2D eigenvalue weighted by atomic mass is 16.6. The first-order chi connectivity index (χ1) is 7.87. The lowest BCUT2D eigenvalue weighted by Gasteiger charge is -2.21. The molecule has 0 aliphatic rings. The molecule has 1 rings (SSSR count). The Bertz CT molecular complexity index is 341. The van der Waals surface area contributed by atoms with E-state index >= 15 is 0 Å². The van der Waals surface area contributed by atoms with Gasteiger partial charge in [-0.1, -0.05) is 0 Å². The van der Waals surface area contributed by atoms with E-state index in [9.17, 15) is 4.79 Å². The lowest BCUT2D eigenvalue weighted by molar-refractivity contribution is 0.0526. The van der Waals surface area contributed by atoms with Crippen LogP contribution in [0.1, 0.15) is 27.7 Å². The van der Waals surface area contributed by atoms with E-state index in [0.717, 1.165) is 0 Å². The number of amides is 1. The molecule has 0 radical (unpaired) electrons. The number of ether oxygens (including phenoxy) is 1. The number of carbonyl (C=O) groups is 1. The Morgan fingerprint density at radius 2 is 1.94 bits per heavy atom. The summed E-state index contributed by atoms with van der Waals surface area (Å²) in [6.45, 7) is 8.01. The summed E-state index contributed by atoms with van der Waals surface area (Å²) < 4.78 is 6.99. The van der Waals surface area contributed by atoms with Crippen molar-refractivity contribution in [3.05, 3.63) is 24.5 Å². The second-order valence-electron chi connectivity index (χ2n) is 5.00. The van der Waals surface area contributed by atoms with Gasteiger partial charge in [0.1, 0.15) is 5.60 Å². The van der Waals surface area contributed by atoms with Gasteiger partial charge in [0.15, 0.2) is 0 Å². The first kappa shape index (κ1) is 13.4. The van der Waals surface area contributed by atoms with E-state index in [1.54, 1.807) is 0 Å². The standard InChI is InChI=1S/C12H21N3O2/c1-10(14-15-7-5-6-8-15)9-13-11(16)17-12(2,3)4/h5-8,10,14H,9H2,1-4H3,(H,13,16). The first-order valence-electron chi connectivity index (χ1n) is 5.73. The Balaban J connectivity index is 2.24. The number of hydrogen-bond donors (Lipinski definition) is 2. The second kappa shape index (κ2) is 5.61. The number of aromatic nitrogens is 1. The molecule has 0 aliphatic carbocycles. The fraction of sp³-hybridized carbons (Fsp3) is 0.583. The van der Waals surface area contributed by atoms with E-state index in [-0.39, 0.29) is 6.04 Å². The van der Waals surface area contributed by atoms with Gasteiger partial charge in [0.2, 0.25) is 0 Å². The van der Waals surface area contributed by atoms with Crippen LogP contribution in [0.5, 0.6) is 0 Å².